The first-order valence-corrected chi connectivity index (χ1v) is 5.95. The van der Waals surface area contributed by atoms with Gasteiger partial charge in [-0.3, -0.25) is 0 Å². The number of nitriles is 1. The molecule has 1 aliphatic carbocycles. The van der Waals surface area contributed by atoms with Crippen molar-refractivity contribution < 1.29 is 13.2 Å². The fourth-order valence-corrected chi connectivity index (χ4v) is 2.22. The Bertz CT molecular complexity index is 553. The number of benzene rings is 1. The lowest BCUT2D eigenvalue weighted by Gasteiger charge is -2.18. The van der Waals surface area contributed by atoms with E-state index in [0.717, 1.165) is 17.2 Å². The number of halogens is 3. The molecule has 2 rings (SSSR count). The summed E-state index contributed by atoms with van der Waals surface area (Å²) in [5, 5.41) is 8.66. The van der Waals surface area contributed by atoms with E-state index in [1.165, 1.54) is 12.1 Å². The molecule has 0 saturated carbocycles. The molecule has 1 aliphatic rings. The van der Waals surface area contributed by atoms with Gasteiger partial charge in [-0.05, 0) is 42.5 Å². The molecular formula is C14H13F3N2. The van der Waals surface area contributed by atoms with Crippen molar-refractivity contribution in [3.63, 3.8) is 0 Å². The molecule has 1 atom stereocenters. The van der Waals surface area contributed by atoms with Crippen LogP contribution in [0.25, 0.3) is 6.08 Å². The summed E-state index contributed by atoms with van der Waals surface area (Å²) in [6, 6.07) is 5.17. The Labute approximate surface area is 109 Å². The van der Waals surface area contributed by atoms with Crippen LogP contribution in [-0.2, 0) is 12.6 Å². The molecule has 0 fully saturated rings. The van der Waals surface area contributed by atoms with Crippen LogP contribution in [0.3, 0.4) is 0 Å². The Balaban J connectivity index is 2.26. The molecular weight excluding hydrogens is 253 g/mol. The van der Waals surface area contributed by atoms with Crippen LogP contribution in [0.1, 0.15) is 29.5 Å². The highest BCUT2D eigenvalue weighted by Gasteiger charge is 2.31. The number of hydrogen-bond acceptors (Lipinski definition) is 2. The second-order valence-corrected chi connectivity index (χ2v) is 4.65. The molecule has 19 heavy (non-hydrogen) atoms. The SMILES string of the molecule is N#CC(N)CC1=Cc2ccc(C(F)(F)F)cc2CC1. The van der Waals surface area contributed by atoms with Crippen LogP contribution in [0, 0.1) is 11.3 Å². The highest BCUT2D eigenvalue weighted by molar-refractivity contribution is 5.60. The molecule has 100 valence electrons. The van der Waals surface area contributed by atoms with Crippen molar-refractivity contribution in [2.75, 3.05) is 0 Å². The summed E-state index contributed by atoms with van der Waals surface area (Å²) in [6.45, 7) is 0. The van der Waals surface area contributed by atoms with Gasteiger partial charge in [0.2, 0.25) is 0 Å². The molecule has 0 saturated heterocycles. The van der Waals surface area contributed by atoms with Crippen LogP contribution in [0.15, 0.2) is 23.8 Å². The van der Waals surface area contributed by atoms with Crippen molar-refractivity contribution >= 4 is 6.08 Å². The van der Waals surface area contributed by atoms with Crippen molar-refractivity contribution in [2.45, 2.75) is 31.5 Å². The zero-order chi connectivity index (χ0) is 14.0. The van der Waals surface area contributed by atoms with Gasteiger partial charge in [0, 0.05) is 0 Å². The lowest BCUT2D eigenvalue weighted by atomic mass is 9.88. The largest absolute Gasteiger partial charge is 0.416 e. The third-order valence-corrected chi connectivity index (χ3v) is 3.19. The van der Waals surface area contributed by atoms with E-state index in [4.69, 9.17) is 11.0 Å². The van der Waals surface area contributed by atoms with Crippen molar-refractivity contribution in [1.82, 2.24) is 0 Å². The van der Waals surface area contributed by atoms with Gasteiger partial charge < -0.3 is 5.73 Å². The Morgan fingerprint density at radius 2 is 2.05 bits per heavy atom. The number of alkyl halides is 3. The number of aryl methyl sites for hydroxylation is 1. The summed E-state index contributed by atoms with van der Waals surface area (Å²) in [5.41, 5.74) is 7.44. The topological polar surface area (TPSA) is 49.8 Å². The first kappa shape index (κ1) is 13.6. The molecule has 0 aliphatic heterocycles. The first-order chi connectivity index (χ1) is 8.90. The lowest BCUT2D eigenvalue weighted by molar-refractivity contribution is -0.137. The third kappa shape index (κ3) is 3.15. The second-order valence-electron chi connectivity index (χ2n) is 4.65. The van der Waals surface area contributed by atoms with E-state index in [9.17, 15) is 13.2 Å². The number of fused-ring (bicyclic) bond motifs is 1. The third-order valence-electron chi connectivity index (χ3n) is 3.19. The highest BCUT2D eigenvalue weighted by Crippen LogP contribution is 2.33. The lowest BCUT2D eigenvalue weighted by Crippen LogP contribution is -2.18. The maximum absolute atomic E-state index is 12.6. The molecule has 0 spiro atoms. The van der Waals surface area contributed by atoms with Gasteiger partial charge in [-0.15, -0.1) is 0 Å². The molecule has 0 bridgehead atoms. The van der Waals surface area contributed by atoms with E-state index in [1.54, 1.807) is 0 Å². The summed E-state index contributed by atoms with van der Waals surface area (Å²) in [7, 11) is 0. The summed E-state index contributed by atoms with van der Waals surface area (Å²) in [4.78, 5) is 0. The fraction of sp³-hybridized carbons (Fsp3) is 0.357. The maximum atomic E-state index is 12.6. The van der Waals surface area contributed by atoms with E-state index in [-0.39, 0.29) is 0 Å². The fourth-order valence-electron chi connectivity index (χ4n) is 2.22. The molecule has 1 unspecified atom stereocenters. The second kappa shape index (κ2) is 5.06. The van der Waals surface area contributed by atoms with Crippen LogP contribution in [0.2, 0.25) is 0 Å². The Hall–Kier alpha value is -1.80. The van der Waals surface area contributed by atoms with E-state index in [1.807, 2.05) is 12.1 Å². The number of nitrogens with two attached hydrogens (primary N) is 1. The van der Waals surface area contributed by atoms with E-state index >= 15 is 0 Å². The molecule has 5 heteroatoms. The standard InChI is InChI=1S/C14H13F3N2/c15-14(16,17)12-4-3-10-5-9(6-13(19)8-18)1-2-11(10)7-12/h3-5,7,13H,1-2,6,19H2. The number of nitrogens with zero attached hydrogens (tertiary/aromatic N) is 1. The van der Waals surface area contributed by atoms with Crippen LogP contribution < -0.4 is 5.73 Å². The highest BCUT2D eigenvalue weighted by atomic mass is 19.4. The minimum Gasteiger partial charge on any atom is -0.316 e. The normalized spacial score (nSPS) is 16.3. The molecule has 1 aromatic rings. The maximum Gasteiger partial charge on any atom is 0.416 e. The Morgan fingerprint density at radius 3 is 2.68 bits per heavy atom. The van der Waals surface area contributed by atoms with Crippen LogP contribution in [0.5, 0.6) is 0 Å². The van der Waals surface area contributed by atoms with Crippen molar-refractivity contribution in [3.05, 3.63) is 40.5 Å². The van der Waals surface area contributed by atoms with Crippen molar-refractivity contribution in [3.8, 4) is 6.07 Å². The van der Waals surface area contributed by atoms with Crippen molar-refractivity contribution in [2.24, 2.45) is 5.73 Å². The zero-order valence-electron chi connectivity index (χ0n) is 10.2. The molecule has 0 radical (unpaired) electrons. The molecule has 2 nitrogen and oxygen atoms in total. The summed E-state index contributed by atoms with van der Waals surface area (Å²) < 4.78 is 37.8. The first-order valence-electron chi connectivity index (χ1n) is 5.95. The van der Waals surface area contributed by atoms with E-state index < -0.39 is 17.8 Å². The van der Waals surface area contributed by atoms with Gasteiger partial charge in [0.25, 0.3) is 0 Å². The molecule has 0 heterocycles. The van der Waals surface area contributed by atoms with Gasteiger partial charge in [-0.2, -0.15) is 18.4 Å². The van der Waals surface area contributed by atoms with Gasteiger partial charge in [-0.25, -0.2) is 0 Å². The number of hydrogen-bond donors (Lipinski definition) is 1. The van der Waals surface area contributed by atoms with E-state index in [0.29, 0.717) is 24.8 Å². The summed E-state index contributed by atoms with van der Waals surface area (Å²) in [5.74, 6) is 0. The Morgan fingerprint density at radius 1 is 1.32 bits per heavy atom. The predicted octanol–water partition coefficient (Wildman–Crippen LogP) is 3.28. The van der Waals surface area contributed by atoms with Gasteiger partial charge >= 0.3 is 6.18 Å². The van der Waals surface area contributed by atoms with Crippen molar-refractivity contribution in [1.29, 1.82) is 5.26 Å². The molecule has 0 amide bonds. The van der Waals surface area contributed by atoms with Crippen LogP contribution in [0.4, 0.5) is 13.2 Å². The average molecular weight is 266 g/mol. The molecule has 1 aromatic carbocycles. The van der Waals surface area contributed by atoms with Gasteiger partial charge in [-0.1, -0.05) is 17.7 Å². The molecule has 2 N–H and O–H groups in total. The minimum absolute atomic E-state index is 0.469. The smallest absolute Gasteiger partial charge is 0.316 e. The Kier molecular flexibility index (Phi) is 3.63. The van der Waals surface area contributed by atoms with Gasteiger partial charge in [0.1, 0.15) is 0 Å². The summed E-state index contributed by atoms with van der Waals surface area (Å²) in [6.07, 6.45) is -0.776. The van der Waals surface area contributed by atoms with Gasteiger partial charge in [0.05, 0.1) is 17.7 Å². The van der Waals surface area contributed by atoms with Crippen LogP contribution in [-0.4, -0.2) is 6.04 Å². The van der Waals surface area contributed by atoms with E-state index in [2.05, 4.69) is 0 Å². The monoisotopic (exact) mass is 266 g/mol. The van der Waals surface area contributed by atoms with Gasteiger partial charge in [0.15, 0.2) is 0 Å². The zero-order valence-corrected chi connectivity index (χ0v) is 10.2. The predicted molar refractivity (Wildman–Crippen MR) is 65.9 cm³/mol. The minimum atomic E-state index is -4.30. The average Bonchev–Trinajstić information content (AvgIpc) is 2.36. The van der Waals surface area contributed by atoms with Crippen LogP contribution >= 0.6 is 0 Å². The molecule has 0 aromatic heterocycles. The quantitative estimate of drug-likeness (QED) is 0.893. The summed E-state index contributed by atoms with van der Waals surface area (Å²) >= 11 is 0. The number of rotatable bonds is 2.